The van der Waals surface area contributed by atoms with E-state index in [9.17, 15) is 9.90 Å². The van der Waals surface area contributed by atoms with E-state index in [1.54, 1.807) is 12.1 Å². The van der Waals surface area contributed by atoms with Crippen molar-refractivity contribution in [3.8, 4) is 5.69 Å². The summed E-state index contributed by atoms with van der Waals surface area (Å²) in [7, 11) is 0. The molecule has 0 spiro atoms. The topological polar surface area (TPSA) is 54.3 Å². The number of aliphatic hydroxyl groups excluding tert-OH is 1. The SMILES string of the molecule is O=C(NCC(O)c1ccsc1)c1ccc(-n2cccc2)cc1. The fraction of sp³-hybridized carbons (Fsp3) is 0.118. The number of aliphatic hydroxyl groups is 1. The Balaban J connectivity index is 1.60. The fourth-order valence-electron chi connectivity index (χ4n) is 2.17. The maximum atomic E-state index is 12.1. The largest absolute Gasteiger partial charge is 0.387 e. The summed E-state index contributed by atoms with van der Waals surface area (Å²) in [5.41, 5.74) is 2.40. The third kappa shape index (κ3) is 3.27. The Bertz CT molecular complexity index is 719. The Morgan fingerprint density at radius 2 is 1.91 bits per heavy atom. The van der Waals surface area contributed by atoms with E-state index in [4.69, 9.17) is 0 Å². The molecule has 3 aromatic rings. The quantitative estimate of drug-likeness (QED) is 0.761. The Hall–Kier alpha value is -2.37. The van der Waals surface area contributed by atoms with E-state index in [-0.39, 0.29) is 12.5 Å². The predicted molar refractivity (Wildman–Crippen MR) is 87.4 cm³/mol. The Kier molecular flexibility index (Phi) is 4.37. The standard InChI is InChI=1S/C17H16N2O2S/c20-16(14-7-10-22-12-14)11-18-17(21)13-3-5-15(6-4-13)19-8-1-2-9-19/h1-10,12,16,20H,11H2,(H,18,21). The molecule has 0 aliphatic rings. The molecule has 1 amide bonds. The van der Waals surface area contributed by atoms with Crippen molar-refractivity contribution in [3.63, 3.8) is 0 Å². The zero-order valence-electron chi connectivity index (χ0n) is 11.8. The number of benzene rings is 1. The van der Waals surface area contributed by atoms with E-state index < -0.39 is 6.10 Å². The van der Waals surface area contributed by atoms with E-state index >= 15 is 0 Å². The minimum Gasteiger partial charge on any atom is -0.387 e. The number of carbonyl (C=O) groups is 1. The molecule has 0 saturated carbocycles. The molecule has 1 unspecified atom stereocenters. The van der Waals surface area contributed by atoms with Gasteiger partial charge in [-0.25, -0.2) is 0 Å². The molecule has 0 radical (unpaired) electrons. The minimum absolute atomic E-state index is 0.187. The van der Waals surface area contributed by atoms with Crippen molar-refractivity contribution < 1.29 is 9.90 Å². The zero-order chi connectivity index (χ0) is 15.4. The van der Waals surface area contributed by atoms with Gasteiger partial charge in [-0.15, -0.1) is 0 Å². The number of hydrogen-bond acceptors (Lipinski definition) is 3. The highest BCUT2D eigenvalue weighted by molar-refractivity contribution is 7.07. The number of amides is 1. The van der Waals surface area contributed by atoms with Crippen LogP contribution in [0.15, 0.2) is 65.6 Å². The molecule has 22 heavy (non-hydrogen) atoms. The maximum absolute atomic E-state index is 12.1. The van der Waals surface area contributed by atoms with Crippen LogP contribution >= 0.6 is 11.3 Å². The molecule has 0 saturated heterocycles. The molecular weight excluding hydrogens is 296 g/mol. The number of thiophene rings is 1. The van der Waals surface area contributed by atoms with Crippen LogP contribution in [-0.4, -0.2) is 22.1 Å². The Morgan fingerprint density at radius 3 is 2.55 bits per heavy atom. The molecule has 0 aliphatic heterocycles. The second kappa shape index (κ2) is 6.60. The Morgan fingerprint density at radius 1 is 1.18 bits per heavy atom. The van der Waals surface area contributed by atoms with Gasteiger partial charge in [0.25, 0.3) is 5.91 Å². The first-order valence-corrected chi connectivity index (χ1v) is 7.90. The van der Waals surface area contributed by atoms with Crippen molar-refractivity contribution in [2.45, 2.75) is 6.10 Å². The van der Waals surface area contributed by atoms with Crippen LogP contribution in [0.4, 0.5) is 0 Å². The molecule has 1 atom stereocenters. The van der Waals surface area contributed by atoms with E-state index in [0.717, 1.165) is 11.3 Å². The highest BCUT2D eigenvalue weighted by Gasteiger charge is 2.11. The van der Waals surface area contributed by atoms with Crippen LogP contribution in [0.2, 0.25) is 0 Å². The molecule has 0 bridgehead atoms. The number of hydrogen-bond donors (Lipinski definition) is 2. The van der Waals surface area contributed by atoms with Gasteiger partial charge in [-0.05, 0) is 58.8 Å². The molecule has 0 aliphatic carbocycles. The van der Waals surface area contributed by atoms with Crippen LogP contribution in [0.25, 0.3) is 5.69 Å². The van der Waals surface area contributed by atoms with E-state index in [1.807, 2.05) is 58.1 Å². The molecule has 2 aromatic heterocycles. The first-order valence-electron chi connectivity index (χ1n) is 6.96. The Labute approximate surface area is 132 Å². The van der Waals surface area contributed by atoms with E-state index in [2.05, 4.69) is 5.32 Å². The summed E-state index contributed by atoms with van der Waals surface area (Å²) in [5, 5.41) is 16.5. The summed E-state index contributed by atoms with van der Waals surface area (Å²) in [6.07, 6.45) is 3.23. The summed E-state index contributed by atoms with van der Waals surface area (Å²) >= 11 is 1.52. The van der Waals surface area contributed by atoms with Crippen molar-refractivity contribution in [2.75, 3.05) is 6.54 Å². The minimum atomic E-state index is -0.672. The highest BCUT2D eigenvalue weighted by atomic mass is 32.1. The molecular formula is C17H16N2O2S. The highest BCUT2D eigenvalue weighted by Crippen LogP contribution is 2.15. The lowest BCUT2D eigenvalue weighted by molar-refractivity contribution is 0.0916. The zero-order valence-corrected chi connectivity index (χ0v) is 12.7. The fourth-order valence-corrected chi connectivity index (χ4v) is 2.87. The van der Waals surface area contributed by atoms with Crippen molar-refractivity contribution >= 4 is 17.2 Å². The van der Waals surface area contributed by atoms with Crippen LogP contribution in [0.3, 0.4) is 0 Å². The summed E-state index contributed by atoms with van der Waals surface area (Å²) in [6, 6.07) is 13.1. The summed E-state index contributed by atoms with van der Waals surface area (Å²) in [6.45, 7) is 0.203. The van der Waals surface area contributed by atoms with Crippen molar-refractivity contribution in [1.82, 2.24) is 9.88 Å². The molecule has 2 heterocycles. The molecule has 112 valence electrons. The molecule has 4 nitrogen and oxygen atoms in total. The van der Waals surface area contributed by atoms with Crippen molar-refractivity contribution in [3.05, 3.63) is 76.7 Å². The van der Waals surface area contributed by atoms with Crippen molar-refractivity contribution in [1.29, 1.82) is 0 Å². The van der Waals surface area contributed by atoms with Gasteiger partial charge >= 0.3 is 0 Å². The summed E-state index contributed by atoms with van der Waals surface area (Å²) < 4.78 is 1.97. The molecule has 3 rings (SSSR count). The second-order valence-corrected chi connectivity index (χ2v) is 5.70. The van der Waals surface area contributed by atoms with Crippen LogP contribution in [0.5, 0.6) is 0 Å². The molecule has 1 aromatic carbocycles. The number of nitrogens with one attached hydrogen (secondary N) is 1. The van der Waals surface area contributed by atoms with Crippen LogP contribution in [-0.2, 0) is 0 Å². The average Bonchev–Trinajstić information content (AvgIpc) is 3.25. The lowest BCUT2D eigenvalue weighted by Gasteiger charge is -2.11. The van der Waals surface area contributed by atoms with Gasteiger partial charge in [0.15, 0.2) is 0 Å². The van der Waals surface area contributed by atoms with E-state index in [1.165, 1.54) is 11.3 Å². The third-order valence-electron chi connectivity index (χ3n) is 3.42. The number of carbonyl (C=O) groups excluding carboxylic acids is 1. The normalized spacial score (nSPS) is 12.0. The van der Waals surface area contributed by atoms with Gasteiger partial charge in [0, 0.05) is 30.2 Å². The number of nitrogens with zero attached hydrogens (tertiary/aromatic N) is 1. The van der Waals surface area contributed by atoms with Gasteiger partial charge in [0.2, 0.25) is 0 Å². The third-order valence-corrected chi connectivity index (χ3v) is 4.12. The number of aromatic nitrogens is 1. The smallest absolute Gasteiger partial charge is 0.251 e. The van der Waals surface area contributed by atoms with Gasteiger partial charge in [-0.2, -0.15) is 11.3 Å². The lowest BCUT2D eigenvalue weighted by atomic mass is 10.1. The first-order chi connectivity index (χ1) is 10.7. The predicted octanol–water partition coefficient (Wildman–Crippen LogP) is 3.00. The molecule has 5 heteroatoms. The lowest BCUT2D eigenvalue weighted by Crippen LogP contribution is -2.28. The first kappa shape index (κ1) is 14.6. The van der Waals surface area contributed by atoms with Crippen LogP contribution in [0.1, 0.15) is 22.0 Å². The van der Waals surface area contributed by atoms with E-state index in [0.29, 0.717) is 5.56 Å². The van der Waals surface area contributed by atoms with Gasteiger partial charge in [-0.1, -0.05) is 0 Å². The second-order valence-electron chi connectivity index (χ2n) is 4.92. The van der Waals surface area contributed by atoms with Crippen LogP contribution < -0.4 is 5.32 Å². The van der Waals surface area contributed by atoms with Crippen LogP contribution in [0, 0.1) is 0 Å². The van der Waals surface area contributed by atoms with Gasteiger partial charge < -0.3 is 15.0 Å². The summed E-state index contributed by atoms with van der Waals surface area (Å²) in [4.78, 5) is 12.1. The van der Waals surface area contributed by atoms with Gasteiger partial charge in [0.1, 0.15) is 0 Å². The molecule has 0 fully saturated rings. The summed E-state index contributed by atoms with van der Waals surface area (Å²) in [5.74, 6) is -0.187. The van der Waals surface area contributed by atoms with Gasteiger partial charge in [0.05, 0.1) is 6.10 Å². The molecule has 2 N–H and O–H groups in total. The monoisotopic (exact) mass is 312 g/mol. The average molecular weight is 312 g/mol. The van der Waals surface area contributed by atoms with Crippen molar-refractivity contribution in [2.24, 2.45) is 0 Å². The maximum Gasteiger partial charge on any atom is 0.251 e. The van der Waals surface area contributed by atoms with Gasteiger partial charge in [-0.3, -0.25) is 4.79 Å². The number of rotatable bonds is 5.